The van der Waals surface area contributed by atoms with Crippen molar-refractivity contribution in [2.75, 3.05) is 12.4 Å². The Morgan fingerprint density at radius 1 is 1.69 bits per heavy atom. The van der Waals surface area contributed by atoms with Gasteiger partial charge in [0.05, 0.1) is 12.8 Å². The summed E-state index contributed by atoms with van der Waals surface area (Å²) in [6.07, 6.45) is 1.59. The minimum atomic E-state index is -0.881. The fourth-order valence-electron chi connectivity index (χ4n) is 1.92. The van der Waals surface area contributed by atoms with Gasteiger partial charge in [-0.3, -0.25) is 4.79 Å². The van der Waals surface area contributed by atoms with E-state index in [1.54, 1.807) is 24.2 Å². The molecular formula is C11H13Cl2NO2. The zero-order valence-corrected chi connectivity index (χ0v) is 10.5. The number of furan rings is 1. The molecule has 5 heteroatoms. The minimum Gasteiger partial charge on any atom is -0.467 e. The van der Waals surface area contributed by atoms with Gasteiger partial charge in [-0.05, 0) is 19.1 Å². The van der Waals surface area contributed by atoms with Gasteiger partial charge >= 0.3 is 0 Å². The molecule has 1 saturated heterocycles. The Hall–Kier alpha value is -0.670. The molecule has 1 fully saturated rings. The second-order valence-electron chi connectivity index (χ2n) is 4.19. The van der Waals surface area contributed by atoms with Crippen LogP contribution in [0.4, 0.5) is 0 Å². The lowest BCUT2D eigenvalue weighted by molar-refractivity contribution is -0.130. The van der Waals surface area contributed by atoms with Crippen LogP contribution in [0.3, 0.4) is 0 Å². The molecule has 1 aromatic rings. The number of rotatable bonds is 3. The second kappa shape index (κ2) is 4.30. The van der Waals surface area contributed by atoms with Crippen LogP contribution < -0.4 is 0 Å². The van der Waals surface area contributed by atoms with Gasteiger partial charge < -0.3 is 9.32 Å². The predicted molar refractivity (Wildman–Crippen MR) is 62.6 cm³/mol. The van der Waals surface area contributed by atoms with Crippen LogP contribution in [0.15, 0.2) is 22.8 Å². The molecule has 1 amide bonds. The van der Waals surface area contributed by atoms with Crippen molar-refractivity contribution in [3.05, 3.63) is 24.2 Å². The standard InChI is InChI=1S/C11H13Cl2NO2/c1-11(13)8(5-12)6-14(10(11)15)7-9-3-2-4-16-9/h2-4,8H,5-7H2,1H3/t8-,11-/m1/s1. The van der Waals surface area contributed by atoms with Crippen molar-refractivity contribution in [3.63, 3.8) is 0 Å². The summed E-state index contributed by atoms with van der Waals surface area (Å²) < 4.78 is 5.21. The van der Waals surface area contributed by atoms with E-state index < -0.39 is 4.87 Å². The van der Waals surface area contributed by atoms with Gasteiger partial charge in [0.1, 0.15) is 10.6 Å². The van der Waals surface area contributed by atoms with E-state index in [4.69, 9.17) is 27.6 Å². The van der Waals surface area contributed by atoms with Crippen molar-refractivity contribution in [1.29, 1.82) is 0 Å². The molecule has 1 aromatic heterocycles. The third-order valence-corrected chi connectivity index (χ3v) is 3.87. The number of halogens is 2. The van der Waals surface area contributed by atoms with Gasteiger partial charge in [-0.25, -0.2) is 0 Å². The molecule has 3 nitrogen and oxygen atoms in total. The maximum atomic E-state index is 12.0. The number of amides is 1. The Labute approximate surface area is 104 Å². The zero-order valence-electron chi connectivity index (χ0n) is 8.95. The number of hydrogen-bond acceptors (Lipinski definition) is 2. The molecule has 0 unspecified atom stereocenters. The number of nitrogens with zero attached hydrogens (tertiary/aromatic N) is 1. The number of carbonyl (C=O) groups is 1. The molecule has 16 heavy (non-hydrogen) atoms. The first-order valence-corrected chi connectivity index (χ1v) is 6.03. The summed E-state index contributed by atoms with van der Waals surface area (Å²) in [5, 5.41) is 0. The van der Waals surface area contributed by atoms with Gasteiger partial charge in [-0.2, -0.15) is 0 Å². The number of likely N-dealkylation sites (tertiary alicyclic amines) is 1. The summed E-state index contributed by atoms with van der Waals surface area (Å²) in [6.45, 7) is 2.77. The highest BCUT2D eigenvalue weighted by Crippen LogP contribution is 2.36. The van der Waals surface area contributed by atoms with Gasteiger partial charge in [-0.15, -0.1) is 23.2 Å². The van der Waals surface area contributed by atoms with Crippen molar-refractivity contribution in [2.45, 2.75) is 18.3 Å². The van der Waals surface area contributed by atoms with E-state index >= 15 is 0 Å². The van der Waals surface area contributed by atoms with Crippen LogP contribution in [-0.4, -0.2) is 28.1 Å². The van der Waals surface area contributed by atoms with Gasteiger partial charge in [0.2, 0.25) is 5.91 Å². The summed E-state index contributed by atoms with van der Waals surface area (Å²) in [4.78, 5) is 12.8. The van der Waals surface area contributed by atoms with Crippen molar-refractivity contribution >= 4 is 29.1 Å². The molecule has 2 heterocycles. The van der Waals surface area contributed by atoms with E-state index in [9.17, 15) is 4.79 Å². The molecule has 88 valence electrons. The smallest absolute Gasteiger partial charge is 0.244 e. The monoisotopic (exact) mass is 261 g/mol. The van der Waals surface area contributed by atoms with Crippen molar-refractivity contribution in [2.24, 2.45) is 5.92 Å². The molecular weight excluding hydrogens is 249 g/mol. The highest BCUT2D eigenvalue weighted by molar-refractivity contribution is 6.36. The Balaban J connectivity index is 2.11. The topological polar surface area (TPSA) is 33.5 Å². The number of hydrogen-bond donors (Lipinski definition) is 0. The van der Waals surface area contributed by atoms with Crippen LogP contribution in [0.25, 0.3) is 0 Å². The maximum Gasteiger partial charge on any atom is 0.244 e. The van der Waals surface area contributed by atoms with E-state index in [1.807, 2.05) is 6.07 Å². The lowest BCUT2D eigenvalue weighted by Gasteiger charge is -2.18. The van der Waals surface area contributed by atoms with Crippen LogP contribution in [0.2, 0.25) is 0 Å². The summed E-state index contributed by atoms with van der Waals surface area (Å²) in [6, 6.07) is 3.64. The third-order valence-electron chi connectivity index (χ3n) is 3.03. The highest BCUT2D eigenvalue weighted by Gasteiger charge is 2.48. The molecule has 0 N–H and O–H groups in total. The van der Waals surface area contributed by atoms with Gasteiger partial charge in [0.25, 0.3) is 0 Å². The second-order valence-corrected chi connectivity index (χ2v) is 5.29. The number of carbonyl (C=O) groups excluding carboxylic acids is 1. The molecule has 0 radical (unpaired) electrons. The Kier molecular flexibility index (Phi) is 3.17. The van der Waals surface area contributed by atoms with Crippen LogP contribution in [0.1, 0.15) is 12.7 Å². The first-order valence-electron chi connectivity index (χ1n) is 5.12. The van der Waals surface area contributed by atoms with Gasteiger partial charge in [0.15, 0.2) is 0 Å². The van der Waals surface area contributed by atoms with E-state index in [2.05, 4.69) is 0 Å². The fraction of sp³-hybridized carbons (Fsp3) is 0.545. The van der Waals surface area contributed by atoms with Crippen LogP contribution >= 0.6 is 23.2 Å². The quantitative estimate of drug-likeness (QED) is 0.784. The van der Waals surface area contributed by atoms with Crippen molar-refractivity contribution in [1.82, 2.24) is 4.90 Å². The lowest BCUT2D eigenvalue weighted by Crippen LogP contribution is -2.35. The van der Waals surface area contributed by atoms with E-state index in [1.165, 1.54) is 0 Å². The lowest BCUT2D eigenvalue weighted by atomic mass is 9.99. The number of alkyl halides is 2. The molecule has 0 aliphatic carbocycles. The Morgan fingerprint density at radius 3 is 2.94 bits per heavy atom. The SMILES string of the molecule is C[C@]1(Cl)C(=O)N(Cc2ccco2)C[C@H]1CCl. The normalized spacial score (nSPS) is 30.1. The largest absolute Gasteiger partial charge is 0.467 e. The molecule has 1 aliphatic rings. The van der Waals surface area contributed by atoms with E-state index in [0.29, 0.717) is 19.0 Å². The molecule has 0 saturated carbocycles. The summed E-state index contributed by atoms with van der Waals surface area (Å²) in [5.74, 6) is 1.06. The molecule has 0 spiro atoms. The summed E-state index contributed by atoms with van der Waals surface area (Å²) in [7, 11) is 0. The maximum absolute atomic E-state index is 12.0. The van der Waals surface area contributed by atoms with Gasteiger partial charge in [-0.1, -0.05) is 0 Å². The third kappa shape index (κ3) is 1.94. The average molecular weight is 262 g/mol. The molecule has 0 aromatic carbocycles. The van der Waals surface area contributed by atoms with Crippen LogP contribution in [-0.2, 0) is 11.3 Å². The Morgan fingerprint density at radius 2 is 2.44 bits per heavy atom. The fourth-order valence-corrected chi connectivity index (χ4v) is 2.68. The van der Waals surface area contributed by atoms with Crippen LogP contribution in [0.5, 0.6) is 0 Å². The highest BCUT2D eigenvalue weighted by atomic mass is 35.5. The molecule has 2 rings (SSSR count). The van der Waals surface area contributed by atoms with Gasteiger partial charge in [0, 0.05) is 18.3 Å². The molecule has 0 bridgehead atoms. The first kappa shape index (κ1) is 11.8. The average Bonchev–Trinajstić information content (AvgIpc) is 2.81. The van der Waals surface area contributed by atoms with E-state index in [-0.39, 0.29) is 11.8 Å². The molecule has 1 aliphatic heterocycles. The molecule has 2 atom stereocenters. The Bertz CT molecular complexity index is 375. The van der Waals surface area contributed by atoms with Crippen molar-refractivity contribution in [3.8, 4) is 0 Å². The van der Waals surface area contributed by atoms with Crippen LogP contribution in [0, 0.1) is 5.92 Å². The van der Waals surface area contributed by atoms with Crippen molar-refractivity contribution < 1.29 is 9.21 Å². The van der Waals surface area contributed by atoms with E-state index in [0.717, 1.165) is 5.76 Å². The summed E-state index contributed by atoms with van der Waals surface area (Å²) >= 11 is 12.0. The zero-order chi connectivity index (χ0) is 11.8. The minimum absolute atomic E-state index is 0.0155. The first-order chi connectivity index (χ1) is 7.55. The predicted octanol–water partition coefficient (Wildman–Crippen LogP) is 2.47. The summed E-state index contributed by atoms with van der Waals surface area (Å²) in [5.41, 5.74) is 0.